The summed E-state index contributed by atoms with van der Waals surface area (Å²) in [6, 6.07) is 14.1. The van der Waals surface area contributed by atoms with Gasteiger partial charge in [-0.15, -0.1) is 0 Å². The molecule has 2 aromatic rings. The lowest BCUT2D eigenvalue weighted by Gasteiger charge is -2.27. The minimum absolute atomic E-state index is 0.110. The van der Waals surface area contributed by atoms with Gasteiger partial charge in [0.1, 0.15) is 11.5 Å². The molecule has 1 aliphatic rings. The molecule has 1 atom stereocenters. The number of hydrogen-bond acceptors (Lipinski definition) is 6. The fourth-order valence-electron chi connectivity index (χ4n) is 4.40. The van der Waals surface area contributed by atoms with E-state index in [-0.39, 0.29) is 11.3 Å². The van der Waals surface area contributed by atoms with Gasteiger partial charge in [0.05, 0.1) is 18.7 Å². The number of nitrogens with zero attached hydrogens (tertiary/aromatic N) is 3. The summed E-state index contributed by atoms with van der Waals surface area (Å²) in [4.78, 5) is 32.1. The number of rotatable bonds is 10. The van der Waals surface area contributed by atoms with Gasteiger partial charge in [0.2, 0.25) is 0 Å². The highest BCUT2D eigenvalue weighted by Crippen LogP contribution is 2.40. The third-order valence-electron chi connectivity index (χ3n) is 6.22. The van der Waals surface area contributed by atoms with Gasteiger partial charge in [0.15, 0.2) is 0 Å². The van der Waals surface area contributed by atoms with Crippen LogP contribution >= 0.6 is 0 Å². The fourth-order valence-corrected chi connectivity index (χ4v) is 4.40. The van der Waals surface area contributed by atoms with E-state index in [2.05, 4.69) is 18.7 Å². The number of ketones is 1. The van der Waals surface area contributed by atoms with E-state index in [9.17, 15) is 14.7 Å². The Bertz CT molecular complexity index is 1040. The molecule has 34 heavy (non-hydrogen) atoms. The molecule has 182 valence electrons. The Morgan fingerprint density at radius 3 is 2.32 bits per heavy atom. The van der Waals surface area contributed by atoms with Crippen LogP contribution in [-0.4, -0.2) is 74.0 Å². The van der Waals surface area contributed by atoms with E-state index in [1.807, 2.05) is 43.3 Å². The summed E-state index contributed by atoms with van der Waals surface area (Å²) < 4.78 is 5.28. The number of amides is 1. The third-order valence-corrected chi connectivity index (χ3v) is 6.22. The van der Waals surface area contributed by atoms with Crippen molar-refractivity contribution in [1.29, 1.82) is 0 Å². The Hall–Kier alpha value is -3.32. The first-order valence-corrected chi connectivity index (χ1v) is 11.7. The zero-order valence-corrected chi connectivity index (χ0v) is 20.7. The molecule has 1 saturated heterocycles. The molecule has 0 bridgehead atoms. The standard InChI is InChI=1S/C27H35N3O4/c1-6-29(7-2)21-14-12-19(13-15-21)24-23(25(31)20-10-8-11-22(18-20)34-5)26(32)27(33)30(24)17-9-16-28(3)4/h8,10-15,18,24,31H,6-7,9,16-17H2,1-5H3/b25-23-. The maximum absolute atomic E-state index is 13.2. The number of hydrogen-bond donors (Lipinski definition) is 1. The number of methoxy groups -OCH3 is 1. The first kappa shape index (κ1) is 25.3. The van der Waals surface area contributed by atoms with E-state index >= 15 is 0 Å². The molecule has 1 aliphatic heterocycles. The quantitative estimate of drug-likeness (QED) is 0.326. The molecule has 1 unspecified atom stereocenters. The molecule has 0 saturated carbocycles. The Kier molecular flexibility index (Phi) is 8.34. The first-order chi connectivity index (χ1) is 16.3. The van der Waals surface area contributed by atoms with Crippen LogP contribution in [0.15, 0.2) is 54.1 Å². The number of carbonyl (C=O) groups is 2. The van der Waals surface area contributed by atoms with Crippen molar-refractivity contribution in [2.75, 3.05) is 52.3 Å². The van der Waals surface area contributed by atoms with Gasteiger partial charge in [-0.05, 0) is 70.7 Å². The van der Waals surface area contributed by atoms with Crippen molar-refractivity contribution in [3.8, 4) is 5.75 Å². The highest BCUT2D eigenvalue weighted by atomic mass is 16.5. The van der Waals surface area contributed by atoms with Crippen molar-refractivity contribution in [3.63, 3.8) is 0 Å². The molecule has 0 spiro atoms. The number of anilines is 1. The highest BCUT2D eigenvalue weighted by molar-refractivity contribution is 6.46. The van der Waals surface area contributed by atoms with E-state index in [1.165, 1.54) is 0 Å². The zero-order valence-electron chi connectivity index (χ0n) is 20.7. The van der Waals surface area contributed by atoms with Gasteiger partial charge in [0, 0.05) is 30.9 Å². The Morgan fingerprint density at radius 2 is 1.74 bits per heavy atom. The Morgan fingerprint density at radius 1 is 1.06 bits per heavy atom. The number of aliphatic hydroxyl groups excluding tert-OH is 1. The molecule has 2 aromatic carbocycles. The van der Waals surface area contributed by atoms with Crippen LogP contribution in [0.1, 0.15) is 37.4 Å². The zero-order chi connectivity index (χ0) is 24.8. The predicted octanol–water partition coefficient (Wildman–Crippen LogP) is 3.91. The SMILES string of the molecule is CCN(CC)c1ccc(C2/C(=C(/O)c3cccc(OC)c3)C(=O)C(=O)N2CCCN(C)C)cc1. The van der Waals surface area contributed by atoms with Crippen LogP contribution in [0.25, 0.3) is 5.76 Å². The molecule has 1 fully saturated rings. The second kappa shape index (κ2) is 11.2. The van der Waals surface area contributed by atoms with E-state index in [0.29, 0.717) is 24.3 Å². The lowest BCUT2D eigenvalue weighted by atomic mass is 9.95. The van der Waals surface area contributed by atoms with Gasteiger partial charge in [0.25, 0.3) is 11.7 Å². The van der Waals surface area contributed by atoms with Crippen LogP contribution in [0.5, 0.6) is 5.75 Å². The van der Waals surface area contributed by atoms with E-state index in [4.69, 9.17) is 4.74 Å². The van der Waals surface area contributed by atoms with Crippen LogP contribution in [0.4, 0.5) is 5.69 Å². The Labute approximate surface area is 202 Å². The minimum atomic E-state index is -0.664. The lowest BCUT2D eigenvalue weighted by molar-refractivity contribution is -0.139. The molecular weight excluding hydrogens is 430 g/mol. The molecule has 1 amide bonds. The summed E-state index contributed by atoms with van der Waals surface area (Å²) in [7, 11) is 5.49. The maximum atomic E-state index is 13.2. The molecule has 0 aliphatic carbocycles. The third kappa shape index (κ3) is 5.25. The second-order valence-electron chi connectivity index (χ2n) is 8.65. The van der Waals surface area contributed by atoms with Gasteiger partial charge in [-0.1, -0.05) is 24.3 Å². The average molecular weight is 466 g/mol. The summed E-state index contributed by atoms with van der Waals surface area (Å²) in [5.41, 5.74) is 2.42. The smallest absolute Gasteiger partial charge is 0.295 e. The van der Waals surface area contributed by atoms with Gasteiger partial charge in [-0.2, -0.15) is 0 Å². The van der Waals surface area contributed by atoms with Crippen molar-refractivity contribution in [2.24, 2.45) is 0 Å². The number of aliphatic hydroxyl groups is 1. The van der Waals surface area contributed by atoms with E-state index in [1.54, 1.807) is 36.3 Å². The van der Waals surface area contributed by atoms with Gasteiger partial charge < -0.3 is 24.5 Å². The largest absolute Gasteiger partial charge is 0.507 e. The van der Waals surface area contributed by atoms with E-state index in [0.717, 1.165) is 30.9 Å². The highest BCUT2D eigenvalue weighted by Gasteiger charge is 2.45. The molecule has 3 rings (SSSR count). The lowest BCUT2D eigenvalue weighted by Crippen LogP contribution is -2.32. The van der Waals surface area contributed by atoms with Gasteiger partial charge in [-0.25, -0.2) is 0 Å². The van der Waals surface area contributed by atoms with Crippen molar-refractivity contribution in [2.45, 2.75) is 26.3 Å². The number of benzene rings is 2. The molecule has 0 radical (unpaired) electrons. The molecule has 7 heteroatoms. The fraction of sp³-hybridized carbons (Fsp3) is 0.407. The van der Waals surface area contributed by atoms with Crippen LogP contribution < -0.4 is 9.64 Å². The summed E-state index contributed by atoms with van der Waals surface area (Å²) in [6.45, 7) is 7.17. The molecular formula is C27H35N3O4. The second-order valence-corrected chi connectivity index (χ2v) is 8.65. The normalized spacial score (nSPS) is 17.5. The van der Waals surface area contributed by atoms with Crippen molar-refractivity contribution >= 4 is 23.1 Å². The van der Waals surface area contributed by atoms with Crippen molar-refractivity contribution < 1.29 is 19.4 Å². The van der Waals surface area contributed by atoms with E-state index < -0.39 is 17.7 Å². The monoisotopic (exact) mass is 465 g/mol. The summed E-state index contributed by atoms with van der Waals surface area (Å²) in [6.07, 6.45) is 0.716. The molecule has 1 N–H and O–H groups in total. The summed E-state index contributed by atoms with van der Waals surface area (Å²) in [5.74, 6) is -0.876. The number of ether oxygens (including phenoxy) is 1. The van der Waals surface area contributed by atoms with Crippen molar-refractivity contribution in [3.05, 3.63) is 65.2 Å². The first-order valence-electron chi connectivity index (χ1n) is 11.7. The molecule has 1 heterocycles. The van der Waals surface area contributed by atoms with Crippen molar-refractivity contribution in [1.82, 2.24) is 9.80 Å². The average Bonchev–Trinajstić information content (AvgIpc) is 3.09. The summed E-state index contributed by atoms with van der Waals surface area (Å²) in [5, 5.41) is 11.2. The number of likely N-dealkylation sites (tertiary alicyclic amines) is 1. The van der Waals surface area contributed by atoms with Crippen LogP contribution in [0.2, 0.25) is 0 Å². The maximum Gasteiger partial charge on any atom is 0.295 e. The topological polar surface area (TPSA) is 73.3 Å². The van der Waals surface area contributed by atoms with Crippen LogP contribution in [0.3, 0.4) is 0 Å². The molecule has 7 nitrogen and oxygen atoms in total. The Balaban J connectivity index is 2.08. The molecule has 0 aromatic heterocycles. The minimum Gasteiger partial charge on any atom is -0.507 e. The van der Waals surface area contributed by atoms with Crippen LogP contribution in [0, 0.1) is 0 Å². The predicted molar refractivity (Wildman–Crippen MR) is 135 cm³/mol. The van der Waals surface area contributed by atoms with Crippen LogP contribution in [-0.2, 0) is 9.59 Å². The number of carbonyl (C=O) groups excluding carboxylic acids is 2. The van der Waals surface area contributed by atoms with Gasteiger partial charge in [-0.3, -0.25) is 9.59 Å². The summed E-state index contributed by atoms with van der Waals surface area (Å²) >= 11 is 0. The number of Topliss-reactive ketones (excluding diaryl/α,β-unsaturated/α-hetero) is 1. The van der Waals surface area contributed by atoms with Gasteiger partial charge >= 0.3 is 0 Å².